The predicted molar refractivity (Wildman–Crippen MR) is 116 cm³/mol. The first-order valence-electron chi connectivity index (χ1n) is 10.8. The third kappa shape index (κ3) is 3.59. The molecule has 1 amide bonds. The summed E-state index contributed by atoms with van der Waals surface area (Å²) in [5.41, 5.74) is 3.85. The van der Waals surface area contributed by atoms with Gasteiger partial charge in [0.2, 0.25) is 5.91 Å². The van der Waals surface area contributed by atoms with Crippen molar-refractivity contribution in [2.75, 3.05) is 47.8 Å². The van der Waals surface area contributed by atoms with Crippen molar-refractivity contribution in [1.82, 2.24) is 9.88 Å². The van der Waals surface area contributed by atoms with Gasteiger partial charge >= 0.3 is 0 Å². The van der Waals surface area contributed by atoms with Gasteiger partial charge in [-0.3, -0.25) is 9.69 Å². The van der Waals surface area contributed by atoms with Gasteiger partial charge in [-0.05, 0) is 55.2 Å². The quantitative estimate of drug-likeness (QED) is 0.851. The van der Waals surface area contributed by atoms with Crippen molar-refractivity contribution in [3.05, 3.63) is 47.7 Å². The Labute approximate surface area is 176 Å². The van der Waals surface area contributed by atoms with E-state index in [9.17, 15) is 4.79 Å². The molecule has 1 unspecified atom stereocenters. The minimum Gasteiger partial charge on any atom is -0.369 e. The van der Waals surface area contributed by atoms with Gasteiger partial charge in [0.05, 0.1) is 17.3 Å². The van der Waals surface area contributed by atoms with E-state index in [0.29, 0.717) is 5.56 Å². The van der Waals surface area contributed by atoms with Crippen LogP contribution in [0.15, 0.2) is 36.5 Å². The van der Waals surface area contributed by atoms with Crippen LogP contribution in [0.2, 0.25) is 0 Å². The van der Waals surface area contributed by atoms with E-state index in [2.05, 4.69) is 32.2 Å². The molecule has 0 aliphatic carbocycles. The Balaban J connectivity index is 1.23. The van der Waals surface area contributed by atoms with Crippen molar-refractivity contribution in [1.29, 1.82) is 5.26 Å². The van der Waals surface area contributed by atoms with Crippen molar-refractivity contribution in [2.24, 2.45) is 0 Å². The summed E-state index contributed by atoms with van der Waals surface area (Å²) in [4.78, 5) is 24.2. The summed E-state index contributed by atoms with van der Waals surface area (Å²) in [5.74, 6) is 1.03. The van der Waals surface area contributed by atoms with Crippen LogP contribution in [-0.4, -0.2) is 54.6 Å². The first kappa shape index (κ1) is 18.9. The maximum absolute atomic E-state index is 12.5. The van der Waals surface area contributed by atoms with E-state index >= 15 is 0 Å². The summed E-state index contributed by atoms with van der Waals surface area (Å²) >= 11 is 0. The van der Waals surface area contributed by atoms with E-state index < -0.39 is 0 Å². The molecule has 7 nitrogen and oxygen atoms in total. The second kappa shape index (κ2) is 7.96. The van der Waals surface area contributed by atoms with E-state index in [1.807, 2.05) is 30.5 Å². The zero-order chi connectivity index (χ0) is 20.5. The summed E-state index contributed by atoms with van der Waals surface area (Å²) in [6.07, 6.45) is 5.11. The highest BCUT2D eigenvalue weighted by atomic mass is 16.2. The molecule has 2 fully saturated rings. The normalized spacial score (nSPS) is 21.4. The third-order valence-corrected chi connectivity index (χ3v) is 6.40. The molecule has 2 aromatic rings. The molecule has 3 aliphatic rings. The fourth-order valence-corrected chi connectivity index (χ4v) is 4.75. The highest BCUT2D eigenvalue weighted by molar-refractivity contribution is 6.02. The molecule has 154 valence electrons. The zero-order valence-corrected chi connectivity index (χ0v) is 17.0. The topological polar surface area (TPSA) is 75.5 Å². The average molecular weight is 403 g/mol. The van der Waals surface area contributed by atoms with Crippen LogP contribution in [0.25, 0.3) is 0 Å². The van der Waals surface area contributed by atoms with Crippen LogP contribution in [0.1, 0.15) is 30.4 Å². The molecule has 1 aromatic carbocycles. The van der Waals surface area contributed by atoms with Gasteiger partial charge in [0, 0.05) is 51.2 Å². The molecular weight excluding hydrogens is 376 g/mol. The van der Waals surface area contributed by atoms with Gasteiger partial charge in [0.15, 0.2) is 5.82 Å². The van der Waals surface area contributed by atoms with Crippen LogP contribution in [-0.2, 0) is 11.3 Å². The van der Waals surface area contributed by atoms with Gasteiger partial charge < -0.3 is 15.1 Å². The molecule has 0 radical (unpaired) electrons. The molecule has 5 rings (SSSR count). The number of hydrogen-bond acceptors (Lipinski definition) is 6. The van der Waals surface area contributed by atoms with Crippen LogP contribution < -0.4 is 15.1 Å². The second-order valence-corrected chi connectivity index (χ2v) is 8.33. The average Bonchev–Trinajstić information content (AvgIpc) is 2.80. The number of aromatic nitrogens is 1. The Morgan fingerprint density at radius 1 is 1.10 bits per heavy atom. The number of hydrogen-bond donors (Lipinski definition) is 1. The van der Waals surface area contributed by atoms with Gasteiger partial charge in [0.25, 0.3) is 0 Å². The van der Waals surface area contributed by atoms with Crippen LogP contribution in [0.4, 0.5) is 17.2 Å². The lowest BCUT2D eigenvalue weighted by Gasteiger charge is -2.40. The van der Waals surface area contributed by atoms with E-state index in [-0.39, 0.29) is 11.9 Å². The van der Waals surface area contributed by atoms with Crippen molar-refractivity contribution in [2.45, 2.75) is 31.8 Å². The Kier molecular flexibility index (Phi) is 5.01. The highest BCUT2D eigenvalue weighted by Gasteiger charge is 2.35. The Morgan fingerprint density at radius 3 is 2.67 bits per heavy atom. The zero-order valence-electron chi connectivity index (χ0n) is 17.0. The van der Waals surface area contributed by atoms with E-state index in [1.54, 1.807) is 0 Å². The van der Waals surface area contributed by atoms with Gasteiger partial charge in [-0.15, -0.1) is 0 Å². The number of anilines is 3. The van der Waals surface area contributed by atoms with Crippen molar-refractivity contribution in [3.8, 4) is 6.07 Å². The largest absolute Gasteiger partial charge is 0.369 e. The fraction of sp³-hybridized carbons (Fsp3) is 0.435. The molecule has 0 spiro atoms. The molecular formula is C23H26N6O. The number of nitriles is 1. The van der Waals surface area contributed by atoms with E-state index in [1.165, 1.54) is 5.69 Å². The Morgan fingerprint density at radius 2 is 1.90 bits per heavy atom. The SMILES string of the molecule is N#Cc1ccc(N2CCN(Cc3cnc4c(c3)NC(=O)C3CCCCN43)CC2)cc1. The number of rotatable bonds is 3. The number of piperidine rings is 1. The number of pyridine rings is 1. The maximum Gasteiger partial charge on any atom is 0.247 e. The number of fused-ring (bicyclic) bond motifs is 3. The van der Waals surface area contributed by atoms with Gasteiger partial charge in [-0.25, -0.2) is 4.98 Å². The molecule has 7 heteroatoms. The highest BCUT2D eigenvalue weighted by Crippen LogP contribution is 2.34. The number of piperazine rings is 1. The summed E-state index contributed by atoms with van der Waals surface area (Å²) < 4.78 is 0. The van der Waals surface area contributed by atoms with Crippen LogP contribution >= 0.6 is 0 Å². The number of carbonyl (C=O) groups is 1. The summed E-state index contributed by atoms with van der Waals surface area (Å²) in [5, 5.41) is 12.0. The van der Waals surface area contributed by atoms with Crippen LogP contribution in [0.3, 0.4) is 0 Å². The number of nitrogens with zero attached hydrogens (tertiary/aromatic N) is 5. The van der Waals surface area contributed by atoms with Gasteiger partial charge in [-0.1, -0.05) is 0 Å². The second-order valence-electron chi connectivity index (χ2n) is 8.33. The number of benzene rings is 1. The summed E-state index contributed by atoms with van der Waals surface area (Å²) in [6, 6.07) is 12.0. The monoisotopic (exact) mass is 402 g/mol. The number of nitrogens with one attached hydrogen (secondary N) is 1. The third-order valence-electron chi connectivity index (χ3n) is 6.40. The molecule has 0 bridgehead atoms. The minimum atomic E-state index is -0.0556. The first-order valence-corrected chi connectivity index (χ1v) is 10.8. The number of amides is 1. The predicted octanol–water partition coefficient (Wildman–Crippen LogP) is 2.59. The lowest BCUT2D eigenvalue weighted by atomic mass is 9.99. The maximum atomic E-state index is 12.5. The molecule has 1 atom stereocenters. The standard InChI is InChI=1S/C23H26N6O/c24-14-17-4-6-19(7-5-17)28-11-9-27(10-12-28)16-18-13-20-22(25-15-18)29-8-2-1-3-21(29)23(30)26-20/h4-7,13,15,21H,1-3,8-12,16H2,(H,26,30). The summed E-state index contributed by atoms with van der Waals surface area (Å²) in [6.45, 7) is 5.59. The summed E-state index contributed by atoms with van der Waals surface area (Å²) in [7, 11) is 0. The molecule has 1 N–H and O–H groups in total. The van der Waals surface area contributed by atoms with Crippen molar-refractivity contribution in [3.63, 3.8) is 0 Å². The van der Waals surface area contributed by atoms with E-state index in [4.69, 9.17) is 10.2 Å². The van der Waals surface area contributed by atoms with Crippen molar-refractivity contribution >= 4 is 23.1 Å². The number of carbonyl (C=O) groups excluding carboxylic acids is 1. The first-order chi connectivity index (χ1) is 14.7. The molecule has 4 heterocycles. The molecule has 0 saturated carbocycles. The molecule has 30 heavy (non-hydrogen) atoms. The smallest absolute Gasteiger partial charge is 0.247 e. The van der Waals surface area contributed by atoms with E-state index in [0.717, 1.165) is 75.6 Å². The molecule has 3 aliphatic heterocycles. The lowest BCUT2D eigenvalue weighted by Crippen LogP contribution is -2.51. The fourth-order valence-electron chi connectivity index (χ4n) is 4.75. The van der Waals surface area contributed by atoms with Crippen LogP contribution in [0, 0.1) is 11.3 Å². The van der Waals surface area contributed by atoms with Gasteiger partial charge in [0.1, 0.15) is 6.04 Å². The molecule has 1 aromatic heterocycles. The van der Waals surface area contributed by atoms with Crippen molar-refractivity contribution < 1.29 is 4.79 Å². The molecule has 2 saturated heterocycles. The van der Waals surface area contributed by atoms with Gasteiger partial charge in [-0.2, -0.15) is 5.26 Å². The van der Waals surface area contributed by atoms with Crippen LogP contribution in [0.5, 0.6) is 0 Å². The lowest BCUT2D eigenvalue weighted by molar-refractivity contribution is -0.118. The Bertz CT molecular complexity index is 974. The Hall–Kier alpha value is -3.11. The minimum absolute atomic E-state index is 0.0556.